The molecule has 5 amide bonds. The maximum absolute atomic E-state index is 12.7. The molecule has 3 unspecified atom stereocenters. The van der Waals surface area contributed by atoms with Gasteiger partial charge in [-0.05, 0) is 119 Å². The molecule has 0 bridgehead atoms. The average Bonchev–Trinajstić information content (AvgIpc) is 3.34. The van der Waals surface area contributed by atoms with Gasteiger partial charge in [0.25, 0.3) is 11.8 Å². The first kappa shape index (κ1) is 63.5. The van der Waals surface area contributed by atoms with E-state index in [2.05, 4.69) is 46.1 Å². The number of hydrogen-bond acceptors (Lipinski definition) is 16. The Morgan fingerprint density at radius 3 is 1.09 bits per heavy atom. The van der Waals surface area contributed by atoms with Crippen LogP contribution in [-0.4, -0.2) is 145 Å². The molecule has 3 rings (SSSR count). The van der Waals surface area contributed by atoms with E-state index in [4.69, 9.17) is 14.2 Å². The summed E-state index contributed by atoms with van der Waals surface area (Å²) in [6.45, 7) is 7.41. The summed E-state index contributed by atoms with van der Waals surface area (Å²) < 4.78 is 89.6. The number of carbonyl (C=O) groups excluding carboxylic acids is 6. The third kappa shape index (κ3) is 28.7. The van der Waals surface area contributed by atoms with Crippen LogP contribution in [0.2, 0.25) is 0 Å². The minimum absolute atomic E-state index is 0.0163. The van der Waals surface area contributed by atoms with Crippen LogP contribution in [0.4, 0.5) is 17.1 Å². The first-order valence-electron chi connectivity index (χ1n) is 24.0. The lowest BCUT2D eigenvalue weighted by Gasteiger charge is -2.40. The highest BCUT2D eigenvalue weighted by atomic mass is 32.2. The van der Waals surface area contributed by atoms with Gasteiger partial charge in [0.2, 0.25) is 17.7 Å². The Kier molecular flexibility index (Phi) is 29.4. The number of unbranched alkanes of at least 4 members (excludes halogenated alkanes) is 1. The molecule has 0 fully saturated rings. The Morgan fingerprint density at radius 2 is 0.760 bits per heavy atom. The van der Waals surface area contributed by atoms with E-state index in [1.165, 1.54) is 60.7 Å². The van der Waals surface area contributed by atoms with Gasteiger partial charge in [-0.3, -0.25) is 41.4 Å². The van der Waals surface area contributed by atoms with Crippen molar-refractivity contribution in [1.29, 1.82) is 0 Å². The van der Waals surface area contributed by atoms with Crippen LogP contribution in [0, 0.1) is 0 Å². The highest BCUT2D eigenvalue weighted by molar-refractivity contribution is 7.81. The summed E-state index contributed by atoms with van der Waals surface area (Å²) >= 11 is -7.44. The molecule has 0 heterocycles. The normalized spacial score (nSPS) is 13.3. The first-order chi connectivity index (χ1) is 35.7. The van der Waals surface area contributed by atoms with E-state index in [9.17, 15) is 55.1 Å². The summed E-state index contributed by atoms with van der Waals surface area (Å²) in [4.78, 5) is 75.6. The minimum atomic E-state index is -2.49. The second-order valence-corrected chi connectivity index (χ2v) is 20.0. The first-order valence-corrected chi connectivity index (χ1v) is 27.3. The molecule has 9 N–H and O–H groups in total. The van der Waals surface area contributed by atoms with Gasteiger partial charge in [0.15, 0.2) is 5.78 Å². The third-order valence-electron chi connectivity index (χ3n) is 10.4. The zero-order valence-electron chi connectivity index (χ0n) is 42.2. The SMILES string of the molecule is CC(C)(C)NC(COCCC(=O)NCCCCC(=O)c1ccc(NS(=O)[O-])cc1)(COCCC(=O)NCCCNC(=O)c1ccc(NS(=O)[O-])cc1)COCCC(=O)NCCCNC(=O)c1ccc(NS(=O)[O-])cc1. The summed E-state index contributed by atoms with van der Waals surface area (Å²) in [5.41, 5.74) is 0.576. The van der Waals surface area contributed by atoms with Crippen molar-refractivity contribution in [3.8, 4) is 0 Å². The molecule has 0 aliphatic heterocycles. The molecule has 0 spiro atoms. The van der Waals surface area contributed by atoms with Crippen molar-refractivity contribution in [3.63, 3.8) is 0 Å². The molecule has 27 heteroatoms. The van der Waals surface area contributed by atoms with E-state index in [1.807, 2.05) is 20.8 Å². The second kappa shape index (κ2) is 34.7. The molecule has 3 aromatic rings. The fraction of sp³-hybridized carbons (Fsp3) is 0.500. The van der Waals surface area contributed by atoms with Gasteiger partial charge in [0, 0.05) is 131 Å². The topological polar surface area (TPSA) is 359 Å². The average molecular weight is 1110 g/mol. The summed E-state index contributed by atoms with van der Waals surface area (Å²) in [6, 6.07) is 17.8. The molecule has 0 saturated heterocycles. The zero-order valence-corrected chi connectivity index (χ0v) is 44.7. The number of benzene rings is 3. The van der Waals surface area contributed by atoms with Crippen molar-refractivity contribution in [2.45, 2.75) is 83.2 Å². The van der Waals surface area contributed by atoms with Crippen LogP contribution in [0.5, 0.6) is 0 Å². The largest absolute Gasteiger partial charge is 0.755 e. The van der Waals surface area contributed by atoms with Crippen molar-refractivity contribution < 1.29 is 69.3 Å². The number of ketones is 1. The van der Waals surface area contributed by atoms with Crippen LogP contribution in [-0.2, 0) is 62.4 Å². The molecule has 0 aliphatic rings. The molecule has 24 nitrogen and oxygen atoms in total. The summed E-state index contributed by atoms with van der Waals surface area (Å²) in [6.07, 6.45) is 2.26. The smallest absolute Gasteiger partial charge is 0.251 e. The van der Waals surface area contributed by atoms with Crippen LogP contribution in [0.3, 0.4) is 0 Å². The van der Waals surface area contributed by atoms with Gasteiger partial charge in [-0.1, -0.05) is 0 Å². The van der Waals surface area contributed by atoms with E-state index in [0.29, 0.717) is 66.0 Å². The van der Waals surface area contributed by atoms with Crippen molar-refractivity contribution in [2.75, 3.05) is 86.5 Å². The van der Waals surface area contributed by atoms with Gasteiger partial charge in [0.05, 0.1) is 45.2 Å². The fourth-order valence-corrected chi connectivity index (χ4v) is 7.99. The fourth-order valence-electron chi connectivity index (χ4n) is 7.01. The number of nitrogens with one attached hydrogen (secondary N) is 9. The molecule has 416 valence electrons. The monoisotopic (exact) mass is 1110 g/mol. The van der Waals surface area contributed by atoms with Gasteiger partial charge in [-0.15, -0.1) is 0 Å². The molecular formula is C48H68N9O15S3-3. The Bertz CT molecular complexity index is 2100. The second-order valence-electron chi connectivity index (χ2n) is 18.0. The van der Waals surface area contributed by atoms with E-state index in [1.54, 1.807) is 12.1 Å². The lowest BCUT2D eigenvalue weighted by Crippen LogP contribution is -2.62. The lowest BCUT2D eigenvalue weighted by atomic mass is 9.97. The number of rotatable bonds is 38. The van der Waals surface area contributed by atoms with Crippen molar-refractivity contribution in [2.24, 2.45) is 0 Å². The molecule has 0 radical (unpaired) electrons. The van der Waals surface area contributed by atoms with Crippen LogP contribution < -0.4 is 46.1 Å². The van der Waals surface area contributed by atoms with Gasteiger partial charge < -0.3 is 73.9 Å². The standard InChI is InChI=1S/C48H71N9O15S3/c1-47(2,3)57-48(32-70-29-21-42(59)49-24-5-4-8-41(58)35-9-15-38(16-10-35)54-73(64)65,33-71-30-22-43(60)50-25-6-27-52-45(62)36-11-17-39(18-12-36)55-74(66)67)34-72-31-23-44(61)51-26-7-28-53-46(63)37-13-19-40(20-14-37)56-75(68)69/h9-20,54-57H,4-8,21-34H2,1-3H3,(H,49,59)(H,50,60)(H,51,61)(H,52,62)(H,53,63)(H,64,65)(H,66,67)(H,68,69)/p-3. The summed E-state index contributed by atoms with van der Waals surface area (Å²) in [5.74, 6) is -1.65. The Morgan fingerprint density at radius 1 is 0.440 bits per heavy atom. The quantitative estimate of drug-likeness (QED) is 0.0225. The molecular weight excluding hydrogens is 1040 g/mol. The van der Waals surface area contributed by atoms with Crippen LogP contribution in [0.25, 0.3) is 0 Å². The van der Waals surface area contributed by atoms with Gasteiger partial charge in [-0.2, -0.15) is 0 Å². The zero-order chi connectivity index (χ0) is 55.1. The van der Waals surface area contributed by atoms with Crippen molar-refractivity contribution in [1.82, 2.24) is 31.9 Å². The number of carbonyl (C=O) groups is 6. The van der Waals surface area contributed by atoms with E-state index < -0.39 is 44.9 Å². The summed E-state index contributed by atoms with van der Waals surface area (Å²) in [7, 11) is 0. The van der Waals surface area contributed by atoms with Gasteiger partial charge in [-0.25, -0.2) is 0 Å². The van der Waals surface area contributed by atoms with E-state index in [-0.39, 0.29) is 127 Å². The molecule has 0 aromatic heterocycles. The van der Waals surface area contributed by atoms with E-state index >= 15 is 0 Å². The third-order valence-corrected chi connectivity index (χ3v) is 11.6. The van der Waals surface area contributed by atoms with Crippen LogP contribution in [0.1, 0.15) is 103 Å². The van der Waals surface area contributed by atoms with Crippen molar-refractivity contribution in [3.05, 3.63) is 89.5 Å². The Balaban J connectivity index is 1.46. The van der Waals surface area contributed by atoms with Crippen molar-refractivity contribution >= 4 is 86.2 Å². The number of amides is 5. The molecule has 0 saturated carbocycles. The number of hydrogen-bond donors (Lipinski definition) is 9. The predicted octanol–water partition coefficient (Wildman–Crippen LogP) is 1.99. The maximum Gasteiger partial charge on any atom is 0.251 e. The highest BCUT2D eigenvalue weighted by Gasteiger charge is 2.35. The van der Waals surface area contributed by atoms with Gasteiger partial charge >= 0.3 is 0 Å². The van der Waals surface area contributed by atoms with Crippen LogP contribution in [0.15, 0.2) is 72.8 Å². The maximum atomic E-state index is 12.7. The summed E-state index contributed by atoms with van der Waals surface area (Å²) in [5, 5.41) is 17.4. The Labute approximate surface area is 444 Å². The number of anilines is 3. The van der Waals surface area contributed by atoms with E-state index in [0.717, 1.165) is 0 Å². The van der Waals surface area contributed by atoms with Crippen LogP contribution >= 0.6 is 0 Å². The van der Waals surface area contributed by atoms with Gasteiger partial charge in [0.1, 0.15) is 0 Å². The molecule has 3 atom stereocenters. The molecule has 0 aliphatic carbocycles. The minimum Gasteiger partial charge on any atom is -0.755 e. The number of ether oxygens (including phenoxy) is 3. The number of Topliss-reactive ketones (excluding diaryl/α,β-unsaturated/α-hetero) is 1. The Hall–Kier alpha value is -5.75. The molecule has 3 aromatic carbocycles. The lowest BCUT2D eigenvalue weighted by molar-refractivity contribution is -0.122. The predicted molar refractivity (Wildman–Crippen MR) is 280 cm³/mol. The molecule has 75 heavy (non-hydrogen) atoms. The highest BCUT2D eigenvalue weighted by Crippen LogP contribution is 2.17.